The van der Waals surface area contributed by atoms with Crippen molar-refractivity contribution in [1.29, 1.82) is 0 Å². The van der Waals surface area contributed by atoms with Crippen LogP contribution in [0.3, 0.4) is 0 Å². The molecule has 0 fully saturated rings. The Morgan fingerprint density at radius 2 is 2.23 bits per heavy atom. The molecule has 1 amide bonds. The van der Waals surface area contributed by atoms with Crippen molar-refractivity contribution in [3.05, 3.63) is 18.3 Å². The Hall–Kier alpha value is -2.38. The summed E-state index contributed by atoms with van der Waals surface area (Å²) in [4.78, 5) is 16.0. The van der Waals surface area contributed by atoms with E-state index in [0.717, 1.165) is 12.1 Å². The van der Waals surface area contributed by atoms with E-state index in [1.54, 1.807) is 38.6 Å². The zero-order valence-corrected chi connectivity index (χ0v) is 13.5. The van der Waals surface area contributed by atoms with Gasteiger partial charge in [0.05, 0.1) is 11.8 Å². The molecule has 0 aliphatic rings. The molecule has 0 bridgehead atoms. The number of rotatable bonds is 4. The third kappa shape index (κ3) is 4.06. The number of alkyl carbamates (subject to hydrolysis) is 1. The zero-order chi connectivity index (χ0) is 16.3. The van der Waals surface area contributed by atoms with Crippen LogP contribution in [0.5, 0.6) is 0 Å². The van der Waals surface area contributed by atoms with E-state index in [0.29, 0.717) is 11.7 Å². The lowest BCUT2D eigenvalue weighted by molar-refractivity contribution is 0.0499. The molecule has 0 aliphatic heterocycles. The monoisotopic (exact) mass is 307 g/mol. The zero-order valence-electron chi connectivity index (χ0n) is 13.5. The van der Waals surface area contributed by atoms with Crippen molar-refractivity contribution in [3.63, 3.8) is 0 Å². The molecular weight excluding hydrogens is 286 g/mol. The summed E-state index contributed by atoms with van der Waals surface area (Å²) >= 11 is 0. The second-order valence-electron chi connectivity index (χ2n) is 5.91. The highest BCUT2D eigenvalue weighted by Crippen LogP contribution is 2.18. The number of amides is 1. The predicted octanol–water partition coefficient (Wildman–Crippen LogP) is 2.54. The van der Waals surface area contributed by atoms with Crippen LogP contribution in [-0.4, -0.2) is 31.6 Å². The van der Waals surface area contributed by atoms with E-state index in [2.05, 4.69) is 20.6 Å². The Balaban J connectivity index is 2.02. The largest absolute Gasteiger partial charge is 0.444 e. The molecule has 2 heterocycles. The maximum absolute atomic E-state index is 11.7. The van der Waals surface area contributed by atoms with Crippen molar-refractivity contribution in [2.24, 2.45) is 0 Å². The SMILES string of the molecule is CCn1cc(-c2noc([C@H](C)NC(=O)OC(C)(C)C)n2)cn1. The van der Waals surface area contributed by atoms with Crippen molar-refractivity contribution < 1.29 is 14.1 Å². The second-order valence-corrected chi connectivity index (χ2v) is 5.91. The van der Waals surface area contributed by atoms with Crippen molar-refractivity contribution in [2.75, 3.05) is 0 Å². The molecule has 0 unspecified atom stereocenters. The van der Waals surface area contributed by atoms with Crippen LogP contribution in [0.15, 0.2) is 16.9 Å². The van der Waals surface area contributed by atoms with Gasteiger partial charge in [-0.05, 0) is 34.6 Å². The lowest BCUT2D eigenvalue weighted by Gasteiger charge is -2.20. The molecule has 1 atom stereocenters. The van der Waals surface area contributed by atoms with Gasteiger partial charge in [-0.2, -0.15) is 10.1 Å². The summed E-state index contributed by atoms with van der Waals surface area (Å²) in [5.74, 6) is 0.748. The van der Waals surface area contributed by atoms with E-state index < -0.39 is 17.7 Å². The van der Waals surface area contributed by atoms with Crippen molar-refractivity contribution in [1.82, 2.24) is 25.2 Å². The van der Waals surface area contributed by atoms with Crippen LogP contribution in [-0.2, 0) is 11.3 Å². The molecule has 22 heavy (non-hydrogen) atoms. The van der Waals surface area contributed by atoms with Crippen molar-refractivity contribution >= 4 is 6.09 Å². The Labute approximate surface area is 128 Å². The maximum atomic E-state index is 11.7. The van der Waals surface area contributed by atoms with E-state index >= 15 is 0 Å². The minimum absolute atomic E-state index is 0.310. The molecule has 0 saturated heterocycles. The quantitative estimate of drug-likeness (QED) is 0.932. The summed E-state index contributed by atoms with van der Waals surface area (Å²) in [6.07, 6.45) is 2.98. The molecule has 0 radical (unpaired) electrons. The third-order valence-corrected chi connectivity index (χ3v) is 2.76. The number of carbonyl (C=O) groups excluding carboxylic acids is 1. The number of nitrogens with one attached hydrogen (secondary N) is 1. The van der Waals surface area contributed by atoms with Gasteiger partial charge in [0.2, 0.25) is 11.7 Å². The van der Waals surface area contributed by atoms with Gasteiger partial charge in [-0.25, -0.2) is 4.79 Å². The Morgan fingerprint density at radius 1 is 1.50 bits per heavy atom. The van der Waals surface area contributed by atoms with Gasteiger partial charge in [-0.15, -0.1) is 0 Å². The molecule has 120 valence electrons. The lowest BCUT2D eigenvalue weighted by Crippen LogP contribution is -2.34. The minimum atomic E-state index is -0.557. The van der Waals surface area contributed by atoms with Crippen LogP contribution >= 0.6 is 0 Å². The van der Waals surface area contributed by atoms with E-state index in [4.69, 9.17) is 9.26 Å². The summed E-state index contributed by atoms with van der Waals surface area (Å²) in [6, 6.07) is -0.447. The van der Waals surface area contributed by atoms with Gasteiger partial charge in [0.25, 0.3) is 0 Å². The average Bonchev–Trinajstić information content (AvgIpc) is 3.05. The van der Waals surface area contributed by atoms with E-state index in [9.17, 15) is 4.79 Å². The maximum Gasteiger partial charge on any atom is 0.408 e. The first-order chi connectivity index (χ1) is 10.3. The molecule has 1 N–H and O–H groups in total. The van der Waals surface area contributed by atoms with Crippen LogP contribution in [0.1, 0.15) is 46.6 Å². The van der Waals surface area contributed by atoms with Gasteiger partial charge in [-0.3, -0.25) is 4.68 Å². The first kappa shape index (κ1) is 16.0. The number of hydrogen-bond donors (Lipinski definition) is 1. The highest BCUT2D eigenvalue weighted by molar-refractivity contribution is 5.68. The number of ether oxygens (including phenoxy) is 1. The predicted molar refractivity (Wildman–Crippen MR) is 79.0 cm³/mol. The Morgan fingerprint density at radius 3 is 2.82 bits per heavy atom. The molecule has 0 saturated carbocycles. The smallest absolute Gasteiger partial charge is 0.408 e. The van der Waals surface area contributed by atoms with Crippen LogP contribution in [0.25, 0.3) is 11.4 Å². The number of carbonyl (C=O) groups is 1. The summed E-state index contributed by atoms with van der Waals surface area (Å²) in [5.41, 5.74) is 0.208. The summed E-state index contributed by atoms with van der Waals surface area (Å²) < 4.78 is 12.1. The van der Waals surface area contributed by atoms with Gasteiger partial charge < -0.3 is 14.6 Å². The standard InChI is InChI=1S/C14H21N5O3/c1-6-19-8-10(7-15-19)11-17-12(22-18-11)9(2)16-13(20)21-14(3,4)5/h7-9H,6H2,1-5H3,(H,16,20)/t9-/m0/s1. The van der Waals surface area contributed by atoms with Crippen LogP contribution < -0.4 is 5.32 Å². The number of aryl methyl sites for hydroxylation is 1. The molecule has 0 aliphatic carbocycles. The average molecular weight is 307 g/mol. The molecule has 2 aromatic rings. The van der Waals surface area contributed by atoms with Gasteiger partial charge in [0.1, 0.15) is 11.6 Å². The highest BCUT2D eigenvalue weighted by Gasteiger charge is 2.21. The normalized spacial score (nSPS) is 13.0. The molecule has 0 aromatic carbocycles. The highest BCUT2D eigenvalue weighted by atomic mass is 16.6. The molecular formula is C14H21N5O3. The molecule has 2 aromatic heterocycles. The summed E-state index contributed by atoms with van der Waals surface area (Å²) in [6.45, 7) is 9.90. The molecule has 0 spiro atoms. The Bertz CT molecular complexity index is 641. The first-order valence-corrected chi connectivity index (χ1v) is 7.14. The second kappa shape index (κ2) is 6.17. The fourth-order valence-electron chi connectivity index (χ4n) is 1.73. The van der Waals surface area contributed by atoms with Crippen molar-refractivity contribution in [2.45, 2.75) is 52.8 Å². The topological polar surface area (TPSA) is 95.1 Å². The Kier molecular flexibility index (Phi) is 4.48. The van der Waals surface area contributed by atoms with Gasteiger partial charge in [0.15, 0.2) is 0 Å². The van der Waals surface area contributed by atoms with Gasteiger partial charge in [0, 0.05) is 12.7 Å². The van der Waals surface area contributed by atoms with Gasteiger partial charge >= 0.3 is 6.09 Å². The van der Waals surface area contributed by atoms with Crippen LogP contribution in [0.4, 0.5) is 4.79 Å². The van der Waals surface area contributed by atoms with Crippen molar-refractivity contribution in [3.8, 4) is 11.4 Å². The van der Waals surface area contributed by atoms with Crippen LogP contribution in [0, 0.1) is 0 Å². The number of aromatic nitrogens is 4. The van der Waals surface area contributed by atoms with Gasteiger partial charge in [-0.1, -0.05) is 5.16 Å². The molecule has 8 heteroatoms. The third-order valence-electron chi connectivity index (χ3n) is 2.76. The minimum Gasteiger partial charge on any atom is -0.444 e. The van der Waals surface area contributed by atoms with Crippen LogP contribution in [0.2, 0.25) is 0 Å². The summed E-state index contributed by atoms with van der Waals surface area (Å²) in [7, 11) is 0. The fraction of sp³-hybridized carbons (Fsp3) is 0.571. The first-order valence-electron chi connectivity index (χ1n) is 7.14. The van der Waals surface area contributed by atoms with E-state index in [-0.39, 0.29) is 0 Å². The molecule has 2 rings (SSSR count). The molecule has 8 nitrogen and oxygen atoms in total. The number of nitrogens with zero attached hydrogens (tertiary/aromatic N) is 4. The number of hydrogen-bond acceptors (Lipinski definition) is 6. The van der Waals surface area contributed by atoms with E-state index in [1.807, 2.05) is 13.1 Å². The van der Waals surface area contributed by atoms with E-state index in [1.165, 1.54) is 0 Å². The summed E-state index contributed by atoms with van der Waals surface area (Å²) in [5, 5.41) is 10.7. The lowest BCUT2D eigenvalue weighted by atomic mass is 10.2. The fourth-order valence-corrected chi connectivity index (χ4v) is 1.73.